The Bertz CT molecular complexity index is 3820. The van der Waals surface area contributed by atoms with Crippen LogP contribution in [0.1, 0.15) is 197 Å². The highest BCUT2D eigenvalue weighted by Gasteiger charge is 2.53. The lowest BCUT2D eigenvalue weighted by Crippen LogP contribution is -2.26. The van der Waals surface area contributed by atoms with Crippen LogP contribution in [0, 0.1) is 0 Å². The third-order valence-corrected chi connectivity index (χ3v) is 21.4. The Morgan fingerprint density at radius 2 is 0.663 bits per heavy atom. The number of fused-ring (bicyclic) bond motifs is 14. The number of nitrogens with zero attached hydrogens (tertiary/aromatic N) is 2. The second kappa shape index (κ2) is 21.5. The number of hydrogen-bond donors (Lipinski definition) is 0. The van der Waals surface area contributed by atoms with E-state index in [0.29, 0.717) is 23.7 Å². The van der Waals surface area contributed by atoms with Gasteiger partial charge < -0.3 is 9.80 Å². The van der Waals surface area contributed by atoms with E-state index in [-0.39, 0.29) is 0 Å². The molecule has 0 aliphatic heterocycles. The molecule has 0 amide bonds. The van der Waals surface area contributed by atoms with Crippen molar-refractivity contribution >= 4 is 55.7 Å². The van der Waals surface area contributed by atoms with Crippen LogP contribution in [0.25, 0.3) is 43.8 Å². The molecule has 0 radical (unpaired) electrons. The van der Waals surface area contributed by atoms with E-state index in [2.05, 4.69) is 216 Å². The van der Waals surface area contributed by atoms with Gasteiger partial charge in [0.15, 0.2) is 0 Å². The standard InChI is InChI=1S/C81H78N2/c1-5-19-55(20-6-1)59-33-42-64(43-34-59)82(65-44-35-60(36-45-65)56-21-7-2-8-22-56)68-50-52-69-63(53-68)41-51-74-79-73-30-14-13-29-72(73)78(54-77(79)81(80(69)74)75-31-17-15-27-70(75)71-28-16-18-32-76(71)81)83(66-46-37-61(38-47-66)57-23-9-3-10-24-57)67-48-39-62(40-49-67)58-25-11-4-12-26-58/h13-18,27-58H,1-12,19-26H2. The Kier molecular flexibility index (Phi) is 13.2. The number of benzene rings is 10. The zero-order valence-electron chi connectivity index (χ0n) is 48.5. The molecule has 0 aromatic heterocycles. The zero-order valence-corrected chi connectivity index (χ0v) is 48.5. The molecule has 4 fully saturated rings. The molecular weight excluding hydrogens is 1000 g/mol. The van der Waals surface area contributed by atoms with Gasteiger partial charge in [-0.05, 0) is 225 Å². The summed E-state index contributed by atoms with van der Waals surface area (Å²) in [5.41, 5.74) is 23.6. The SMILES string of the molecule is c1ccc2c(c1)-c1ccccc1C21c2cc(N(c3ccc(C4CCCCC4)cc3)c3ccc(C4CCCCC4)cc3)c3ccccc3c2-c2ccc3cc(N(c4ccc(C5CCCCC5)cc4)c4ccc(C5CCCCC5)cc4)ccc3c21. The summed E-state index contributed by atoms with van der Waals surface area (Å²) >= 11 is 0. The molecule has 412 valence electrons. The van der Waals surface area contributed by atoms with Gasteiger partial charge in [-0.25, -0.2) is 0 Å². The van der Waals surface area contributed by atoms with Crippen molar-refractivity contribution in [2.24, 2.45) is 0 Å². The van der Waals surface area contributed by atoms with Crippen molar-refractivity contribution in [3.05, 3.63) is 251 Å². The summed E-state index contributed by atoms with van der Waals surface area (Å²) in [5, 5.41) is 5.16. The summed E-state index contributed by atoms with van der Waals surface area (Å²) in [5.74, 6) is 2.62. The van der Waals surface area contributed by atoms with Crippen molar-refractivity contribution < 1.29 is 0 Å². The van der Waals surface area contributed by atoms with Gasteiger partial charge in [0, 0.05) is 33.8 Å². The zero-order chi connectivity index (χ0) is 54.8. The van der Waals surface area contributed by atoms with Crippen LogP contribution in [0.3, 0.4) is 0 Å². The summed E-state index contributed by atoms with van der Waals surface area (Å²) < 4.78 is 0. The summed E-state index contributed by atoms with van der Waals surface area (Å²) in [4.78, 5) is 5.15. The molecule has 0 saturated heterocycles. The fourth-order valence-electron chi connectivity index (χ4n) is 17.3. The largest absolute Gasteiger partial charge is 0.310 e. The summed E-state index contributed by atoms with van der Waals surface area (Å²) in [6.45, 7) is 0. The van der Waals surface area contributed by atoms with Crippen molar-refractivity contribution in [3.63, 3.8) is 0 Å². The van der Waals surface area contributed by atoms with E-state index >= 15 is 0 Å². The lowest BCUT2D eigenvalue weighted by atomic mass is 9.69. The fourth-order valence-corrected chi connectivity index (χ4v) is 17.3. The molecule has 6 aliphatic carbocycles. The van der Waals surface area contributed by atoms with Crippen molar-refractivity contribution in [1.82, 2.24) is 0 Å². The molecule has 0 heterocycles. The molecule has 10 aromatic carbocycles. The first kappa shape index (κ1) is 51.0. The molecule has 0 N–H and O–H groups in total. The Morgan fingerprint density at radius 3 is 1.11 bits per heavy atom. The third-order valence-electron chi connectivity index (χ3n) is 21.4. The average molecular weight is 1080 g/mol. The first-order valence-corrected chi connectivity index (χ1v) is 32.5. The predicted molar refractivity (Wildman–Crippen MR) is 350 cm³/mol. The van der Waals surface area contributed by atoms with E-state index in [1.54, 1.807) is 0 Å². The van der Waals surface area contributed by atoms with E-state index in [1.165, 1.54) is 251 Å². The normalized spacial score (nSPS) is 18.0. The van der Waals surface area contributed by atoms with Crippen LogP contribution >= 0.6 is 0 Å². The van der Waals surface area contributed by atoms with Crippen LogP contribution in [0.4, 0.5) is 34.1 Å². The van der Waals surface area contributed by atoms with Gasteiger partial charge in [0.1, 0.15) is 0 Å². The average Bonchev–Trinajstić information content (AvgIpc) is 1.69. The predicted octanol–water partition coefficient (Wildman–Crippen LogP) is 23.5. The van der Waals surface area contributed by atoms with Crippen molar-refractivity contribution in [2.45, 2.75) is 158 Å². The highest BCUT2D eigenvalue weighted by Crippen LogP contribution is 2.66. The summed E-state index contributed by atoms with van der Waals surface area (Å²) in [7, 11) is 0. The molecule has 1 spiro atoms. The second-order valence-electron chi connectivity index (χ2n) is 26.0. The first-order valence-electron chi connectivity index (χ1n) is 32.5. The molecule has 0 unspecified atom stereocenters. The van der Waals surface area contributed by atoms with Crippen molar-refractivity contribution in [1.29, 1.82) is 0 Å². The molecule has 4 saturated carbocycles. The molecule has 10 aromatic rings. The third kappa shape index (κ3) is 8.70. The Hall–Kier alpha value is -7.68. The molecule has 6 aliphatic rings. The van der Waals surface area contributed by atoms with E-state index in [9.17, 15) is 0 Å². The molecule has 0 bridgehead atoms. The Balaban J connectivity index is 0.894. The van der Waals surface area contributed by atoms with Crippen LogP contribution in [0.5, 0.6) is 0 Å². The Labute approximate surface area is 493 Å². The van der Waals surface area contributed by atoms with Gasteiger partial charge >= 0.3 is 0 Å². The van der Waals surface area contributed by atoms with Gasteiger partial charge in [-0.2, -0.15) is 0 Å². The minimum atomic E-state index is -0.581. The van der Waals surface area contributed by atoms with E-state index in [1.807, 2.05) is 0 Å². The van der Waals surface area contributed by atoms with Crippen LogP contribution in [0.2, 0.25) is 0 Å². The van der Waals surface area contributed by atoms with Crippen molar-refractivity contribution in [3.8, 4) is 22.3 Å². The van der Waals surface area contributed by atoms with Gasteiger partial charge in [0.2, 0.25) is 0 Å². The van der Waals surface area contributed by atoms with Crippen LogP contribution in [-0.2, 0) is 5.41 Å². The minimum absolute atomic E-state index is 0.581. The summed E-state index contributed by atoms with van der Waals surface area (Å²) in [6.07, 6.45) is 26.6. The maximum Gasteiger partial charge on any atom is 0.0732 e. The van der Waals surface area contributed by atoms with E-state index < -0.39 is 5.41 Å². The Morgan fingerprint density at radius 1 is 0.277 bits per heavy atom. The minimum Gasteiger partial charge on any atom is -0.310 e. The van der Waals surface area contributed by atoms with Crippen molar-refractivity contribution in [2.75, 3.05) is 9.80 Å². The lowest BCUT2D eigenvalue weighted by Gasteiger charge is -2.34. The number of hydrogen-bond acceptors (Lipinski definition) is 2. The fraction of sp³-hybridized carbons (Fsp3) is 0.309. The van der Waals surface area contributed by atoms with Gasteiger partial charge in [-0.1, -0.05) is 217 Å². The smallest absolute Gasteiger partial charge is 0.0732 e. The highest BCUT2D eigenvalue weighted by molar-refractivity contribution is 6.15. The topological polar surface area (TPSA) is 6.48 Å². The first-order chi connectivity index (χ1) is 41.2. The summed E-state index contributed by atoms with van der Waals surface area (Å²) in [6, 6.07) is 82.2. The monoisotopic (exact) mass is 1080 g/mol. The van der Waals surface area contributed by atoms with Gasteiger partial charge in [0.25, 0.3) is 0 Å². The number of rotatable bonds is 10. The van der Waals surface area contributed by atoms with Gasteiger partial charge in [-0.3, -0.25) is 0 Å². The van der Waals surface area contributed by atoms with E-state index in [4.69, 9.17) is 0 Å². The molecule has 83 heavy (non-hydrogen) atoms. The molecule has 0 atom stereocenters. The molecule has 16 rings (SSSR count). The maximum absolute atomic E-state index is 2.65. The molecule has 2 heteroatoms. The van der Waals surface area contributed by atoms with Crippen LogP contribution in [-0.4, -0.2) is 0 Å². The lowest BCUT2D eigenvalue weighted by molar-refractivity contribution is 0.443. The highest BCUT2D eigenvalue weighted by atomic mass is 15.1. The van der Waals surface area contributed by atoms with Gasteiger partial charge in [0.05, 0.1) is 11.1 Å². The quantitative estimate of drug-likeness (QED) is 0.135. The maximum atomic E-state index is 2.65. The molecular formula is C81H78N2. The van der Waals surface area contributed by atoms with Crippen LogP contribution in [0.15, 0.2) is 206 Å². The number of anilines is 6. The molecule has 2 nitrogen and oxygen atoms in total. The second-order valence-corrected chi connectivity index (χ2v) is 26.0. The van der Waals surface area contributed by atoms with Gasteiger partial charge in [-0.15, -0.1) is 0 Å². The van der Waals surface area contributed by atoms with E-state index in [0.717, 1.165) is 0 Å². The van der Waals surface area contributed by atoms with Crippen LogP contribution < -0.4 is 9.80 Å².